The van der Waals surface area contributed by atoms with Gasteiger partial charge in [0.15, 0.2) is 0 Å². The molecular weight excluding hydrogens is 338 g/mol. The maximum atomic E-state index is 12.0. The van der Waals surface area contributed by atoms with Gasteiger partial charge >= 0.3 is 0 Å². The first-order valence-electron chi connectivity index (χ1n) is 8.75. The first-order chi connectivity index (χ1) is 11.7. The molecule has 3 rings (SSSR count). The number of carbonyl (C=O) groups excluding carboxylic acids is 1. The van der Waals surface area contributed by atoms with Crippen LogP contribution in [-0.2, 0) is 11.2 Å². The summed E-state index contributed by atoms with van der Waals surface area (Å²) in [4.78, 5) is 16.6. The average molecular weight is 364 g/mol. The van der Waals surface area contributed by atoms with Crippen LogP contribution in [0, 0.1) is 0 Å². The fourth-order valence-corrected chi connectivity index (χ4v) is 4.42. The normalized spacial score (nSPS) is 16.8. The van der Waals surface area contributed by atoms with Crippen molar-refractivity contribution < 1.29 is 4.79 Å². The maximum absolute atomic E-state index is 12.0. The number of para-hydroxylation sites is 1. The first kappa shape index (κ1) is 17.5. The number of amides is 1. The highest BCUT2D eigenvalue weighted by Crippen LogP contribution is 2.26. The highest BCUT2D eigenvalue weighted by Gasteiger charge is 2.17. The van der Waals surface area contributed by atoms with Gasteiger partial charge in [0, 0.05) is 38.4 Å². The number of nitrogens with zero attached hydrogens (tertiary/aromatic N) is 2. The second kappa shape index (κ2) is 8.72. The summed E-state index contributed by atoms with van der Waals surface area (Å²) in [6.07, 6.45) is 4.77. The van der Waals surface area contributed by atoms with E-state index >= 15 is 0 Å². The third-order valence-corrected chi connectivity index (χ3v) is 6.12. The fourth-order valence-electron chi connectivity index (χ4n) is 3.34. The van der Waals surface area contributed by atoms with Gasteiger partial charge in [-0.05, 0) is 37.3 Å². The molecule has 0 aliphatic carbocycles. The van der Waals surface area contributed by atoms with E-state index in [0.29, 0.717) is 12.3 Å². The zero-order chi connectivity index (χ0) is 16.8. The number of hydrogen-bond donors (Lipinski definition) is 1. The van der Waals surface area contributed by atoms with E-state index in [4.69, 9.17) is 12.2 Å². The van der Waals surface area contributed by atoms with E-state index in [1.54, 1.807) is 0 Å². The first-order valence-corrected chi connectivity index (χ1v) is 10.1. The number of rotatable bonds is 5. The smallest absolute Gasteiger partial charge is 0.230 e. The molecule has 2 aliphatic heterocycles. The van der Waals surface area contributed by atoms with Crippen molar-refractivity contribution in [3.63, 3.8) is 0 Å². The van der Waals surface area contributed by atoms with Crippen molar-refractivity contribution in [1.82, 2.24) is 10.2 Å². The molecule has 1 fully saturated rings. The minimum atomic E-state index is 0.0758. The molecule has 1 aromatic carbocycles. The molecule has 2 heterocycles. The highest BCUT2D eigenvalue weighted by atomic mass is 32.2. The van der Waals surface area contributed by atoms with E-state index in [-0.39, 0.29) is 5.91 Å². The Morgan fingerprint density at radius 1 is 1.17 bits per heavy atom. The van der Waals surface area contributed by atoms with Gasteiger partial charge in [-0.25, -0.2) is 0 Å². The summed E-state index contributed by atoms with van der Waals surface area (Å²) in [6.45, 7) is 4.71. The van der Waals surface area contributed by atoms with Crippen LogP contribution in [0.15, 0.2) is 24.3 Å². The topological polar surface area (TPSA) is 35.6 Å². The number of thiocarbonyl (C=S) groups is 1. The lowest BCUT2D eigenvalue weighted by molar-refractivity contribution is -0.118. The molecule has 0 bridgehead atoms. The lowest BCUT2D eigenvalue weighted by Gasteiger charge is -2.31. The number of carbonyl (C=O) groups is 1. The van der Waals surface area contributed by atoms with Crippen molar-refractivity contribution in [2.45, 2.75) is 25.7 Å². The molecule has 1 amide bonds. The largest absolute Gasteiger partial charge is 0.370 e. The standard InChI is InChI=1S/C18H25N3OS2/c22-17(14-24-18(23)21-10-3-4-11-21)19-9-13-20-12-5-7-15-6-1-2-8-16(15)20/h1-2,6,8H,3-5,7,9-14H2,(H,19,22). The molecule has 2 aliphatic rings. The van der Waals surface area contributed by atoms with E-state index in [1.807, 2.05) is 0 Å². The van der Waals surface area contributed by atoms with Gasteiger partial charge in [0.2, 0.25) is 5.91 Å². The van der Waals surface area contributed by atoms with Gasteiger partial charge in [0.25, 0.3) is 0 Å². The number of thioether (sulfide) groups is 1. The van der Waals surface area contributed by atoms with Crippen molar-refractivity contribution in [2.75, 3.05) is 43.4 Å². The molecule has 1 aromatic rings. The van der Waals surface area contributed by atoms with Gasteiger partial charge in [-0.3, -0.25) is 4.79 Å². The molecule has 1 N–H and O–H groups in total. The second-order valence-corrected chi connectivity index (χ2v) is 7.93. The van der Waals surface area contributed by atoms with Crippen LogP contribution in [0.25, 0.3) is 0 Å². The molecule has 6 heteroatoms. The molecule has 24 heavy (non-hydrogen) atoms. The summed E-state index contributed by atoms with van der Waals surface area (Å²) in [5.41, 5.74) is 2.74. The van der Waals surface area contributed by atoms with E-state index < -0.39 is 0 Å². The van der Waals surface area contributed by atoms with Crippen LogP contribution < -0.4 is 10.2 Å². The predicted octanol–water partition coefficient (Wildman–Crippen LogP) is 2.67. The van der Waals surface area contributed by atoms with Gasteiger partial charge in [0.05, 0.1) is 5.75 Å². The van der Waals surface area contributed by atoms with Crippen LogP contribution in [0.1, 0.15) is 24.8 Å². The lowest BCUT2D eigenvalue weighted by atomic mass is 10.0. The van der Waals surface area contributed by atoms with Crippen molar-refractivity contribution in [1.29, 1.82) is 0 Å². The number of nitrogens with one attached hydrogen (secondary N) is 1. The van der Waals surface area contributed by atoms with E-state index in [2.05, 4.69) is 39.4 Å². The average Bonchev–Trinajstić information content (AvgIpc) is 3.14. The Balaban J connectivity index is 1.37. The van der Waals surface area contributed by atoms with E-state index in [9.17, 15) is 4.79 Å². The summed E-state index contributed by atoms with van der Waals surface area (Å²) < 4.78 is 0.868. The van der Waals surface area contributed by atoms with Gasteiger partial charge in [0.1, 0.15) is 4.32 Å². The predicted molar refractivity (Wildman–Crippen MR) is 106 cm³/mol. The molecule has 0 saturated carbocycles. The Morgan fingerprint density at radius 2 is 1.96 bits per heavy atom. The summed E-state index contributed by atoms with van der Waals surface area (Å²) in [5.74, 6) is 0.498. The number of hydrogen-bond acceptors (Lipinski definition) is 4. The Kier molecular flexibility index (Phi) is 6.37. The number of anilines is 1. The van der Waals surface area contributed by atoms with Gasteiger partial charge < -0.3 is 15.1 Å². The summed E-state index contributed by atoms with van der Waals surface area (Å²) in [7, 11) is 0. The maximum Gasteiger partial charge on any atom is 0.230 e. The second-order valence-electron chi connectivity index (χ2n) is 6.32. The number of fused-ring (bicyclic) bond motifs is 1. The highest BCUT2D eigenvalue weighted by molar-refractivity contribution is 8.23. The molecule has 1 saturated heterocycles. The molecule has 0 radical (unpaired) electrons. The fraction of sp³-hybridized carbons (Fsp3) is 0.556. The monoisotopic (exact) mass is 363 g/mol. The number of aryl methyl sites for hydroxylation is 1. The Bertz CT molecular complexity index is 587. The zero-order valence-electron chi connectivity index (χ0n) is 14.0. The molecular formula is C18H25N3OS2. The van der Waals surface area contributed by atoms with Crippen molar-refractivity contribution in [3.05, 3.63) is 29.8 Å². The van der Waals surface area contributed by atoms with Gasteiger partial charge in [-0.2, -0.15) is 0 Å². The molecule has 0 spiro atoms. The third kappa shape index (κ3) is 4.63. The molecule has 130 valence electrons. The third-order valence-electron chi connectivity index (χ3n) is 4.60. The Morgan fingerprint density at radius 3 is 2.79 bits per heavy atom. The minimum Gasteiger partial charge on any atom is -0.370 e. The zero-order valence-corrected chi connectivity index (χ0v) is 15.6. The van der Waals surface area contributed by atoms with Crippen LogP contribution in [0.5, 0.6) is 0 Å². The molecule has 4 nitrogen and oxygen atoms in total. The minimum absolute atomic E-state index is 0.0758. The van der Waals surface area contributed by atoms with E-state index in [0.717, 1.165) is 36.9 Å². The lowest BCUT2D eigenvalue weighted by Crippen LogP contribution is -2.38. The molecule has 0 unspecified atom stereocenters. The summed E-state index contributed by atoms with van der Waals surface area (Å²) in [5, 5.41) is 3.03. The van der Waals surface area contributed by atoms with Crippen LogP contribution in [-0.4, -0.2) is 53.6 Å². The Hall–Kier alpha value is -1.27. The van der Waals surface area contributed by atoms with Crippen molar-refractivity contribution in [2.24, 2.45) is 0 Å². The number of likely N-dealkylation sites (tertiary alicyclic amines) is 1. The van der Waals surface area contributed by atoms with Crippen molar-refractivity contribution in [3.8, 4) is 0 Å². The van der Waals surface area contributed by atoms with Crippen LogP contribution >= 0.6 is 24.0 Å². The van der Waals surface area contributed by atoms with Crippen LogP contribution in [0.2, 0.25) is 0 Å². The quantitative estimate of drug-likeness (QED) is 0.814. The Labute approximate surface area is 154 Å². The van der Waals surface area contributed by atoms with E-state index in [1.165, 1.54) is 42.3 Å². The van der Waals surface area contributed by atoms with Crippen LogP contribution in [0.3, 0.4) is 0 Å². The number of benzene rings is 1. The summed E-state index contributed by atoms with van der Waals surface area (Å²) in [6, 6.07) is 8.58. The molecule has 0 aromatic heterocycles. The van der Waals surface area contributed by atoms with Crippen LogP contribution in [0.4, 0.5) is 5.69 Å². The summed E-state index contributed by atoms with van der Waals surface area (Å²) >= 11 is 6.88. The van der Waals surface area contributed by atoms with Gasteiger partial charge in [-0.15, -0.1) is 0 Å². The van der Waals surface area contributed by atoms with Crippen molar-refractivity contribution >= 4 is 39.9 Å². The molecule has 0 atom stereocenters. The van der Waals surface area contributed by atoms with Gasteiger partial charge in [-0.1, -0.05) is 42.2 Å². The SMILES string of the molecule is O=C(CSC(=S)N1CCCC1)NCCN1CCCc2ccccc21.